The van der Waals surface area contributed by atoms with Crippen molar-refractivity contribution < 1.29 is 4.42 Å². The van der Waals surface area contributed by atoms with Crippen molar-refractivity contribution in [2.24, 2.45) is 5.73 Å². The fourth-order valence-corrected chi connectivity index (χ4v) is 2.06. The van der Waals surface area contributed by atoms with Crippen molar-refractivity contribution in [3.05, 3.63) is 41.8 Å². The van der Waals surface area contributed by atoms with E-state index < -0.39 is 0 Å². The van der Waals surface area contributed by atoms with Crippen LogP contribution in [0.25, 0.3) is 0 Å². The van der Waals surface area contributed by atoms with Gasteiger partial charge in [-0.2, -0.15) is 0 Å². The number of aryl methyl sites for hydroxylation is 1. The van der Waals surface area contributed by atoms with Gasteiger partial charge in [0.1, 0.15) is 6.26 Å². The molecule has 1 aromatic carbocycles. The molecule has 2 N–H and O–H groups in total. The minimum atomic E-state index is 0.555. The second-order valence-electron chi connectivity index (χ2n) is 3.21. The van der Waals surface area contributed by atoms with Crippen LogP contribution in [0.1, 0.15) is 11.3 Å². The highest BCUT2D eigenvalue weighted by atomic mass is 32.2. The summed E-state index contributed by atoms with van der Waals surface area (Å²) in [5.74, 6) is 0. The molecule has 0 radical (unpaired) electrons. The first-order valence-electron chi connectivity index (χ1n) is 4.67. The zero-order valence-electron chi connectivity index (χ0n) is 8.43. The number of aromatic nitrogens is 1. The Morgan fingerprint density at radius 2 is 2.33 bits per heavy atom. The number of benzene rings is 1. The SMILES string of the molecule is Cc1coc(Sc2cccc(CN)c2)n1. The van der Waals surface area contributed by atoms with E-state index >= 15 is 0 Å². The van der Waals surface area contributed by atoms with Gasteiger partial charge in [0, 0.05) is 11.4 Å². The van der Waals surface area contributed by atoms with E-state index in [4.69, 9.17) is 10.2 Å². The summed E-state index contributed by atoms with van der Waals surface area (Å²) in [5, 5.41) is 0.668. The lowest BCUT2D eigenvalue weighted by molar-refractivity contribution is 0.454. The molecule has 15 heavy (non-hydrogen) atoms. The van der Waals surface area contributed by atoms with Crippen LogP contribution in [0, 0.1) is 6.92 Å². The smallest absolute Gasteiger partial charge is 0.260 e. The number of nitrogens with two attached hydrogens (primary N) is 1. The molecule has 2 aromatic rings. The molecular formula is C11H12N2OS. The molecule has 0 amide bonds. The number of oxazole rings is 1. The number of rotatable bonds is 3. The summed E-state index contributed by atoms with van der Waals surface area (Å²) < 4.78 is 5.26. The minimum absolute atomic E-state index is 0.555. The summed E-state index contributed by atoms with van der Waals surface area (Å²) in [6.45, 7) is 2.46. The monoisotopic (exact) mass is 220 g/mol. The molecule has 3 nitrogen and oxygen atoms in total. The summed E-state index contributed by atoms with van der Waals surface area (Å²) in [6, 6.07) is 8.05. The molecule has 0 saturated heterocycles. The molecule has 0 atom stereocenters. The van der Waals surface area contributed by atoms with Crippen molar-refractivity contribution in [1.82, 2.24) is 4.98 Å². The Hall–Kier alpha value is -1.26. The molecular weight excluding hydrogens is 208 g/mol. The topological polar surface area (TPSA) is 52.0 Å². The molecule has 78 valence electrons. The highest BCUT2D eigenvalue weighted by Gasteiger charge is 2.03. The van der Waals surface area contributed by atoms with E-state index in [9.17, 15) is 0 Å². The van der Waals surface area contributed by atoms with Gasteiger partial charge in [-0.25, -0.2) is 4.98 Å². The lowest BCUT2D eigenvalue weighted by Crippen LogP contribution is -1.95. The first-order chi connectivity index (χ1) is 7.28. The molecule has 1 aromatic heterocycles. The van der Waals surface area contributed by atoms with E-state index in [1.807, 2.05) is 31.2 Å². The fraction of sp³-hybridized carbons (Fsp3) is 0.182. The van der Waals surface area contributed by atoms with Crippen LogP contribution >= 0.6 is 11.8 Å². The maximum Gasteiger partial charge on any atom is 0.260 e. The van der Waals surface area contributed by atoms with Crippen molar-refractivity contribution in [2.75, 3.05) is 0 Å². The summed E-state index contributed by atoms with van der Waals surface area (Å²) in [4.78, 5) is 5.32. The molecule has 0 aliphatic rings. The van der Waals surface area contributed by atoms with Gasteiger partial charge >= 0.3 is 0 Å². The van der Waals surface area contributed by atoms with Crippen LogP contribution in [0.15, 0.2) is 45.1 Å². The lowest BCUT2D eigenvalue weighted by atomic mass is 10.2. The average Bonchev–Trinajstić information content (AvgIpc) is 2.64. The van der Waals surface area contributed by atoms with Gasteiger partial charge in [-0.1, -0.05) is 12.1 Å². The molecule has 0 aliphatic heterocycles. The molecule has 1 heterocycles. The zero-order valence-corrected chi connectivity index (χ0v) is 9.25. The van der Waals surface area contributed by atoms with Gasteiger partial charge < -0.3 is 10.2 Å². The largest absolute Gasteiger partial charge is 0.439 e. The van der Waals surface area contributed by atoms with Gasteiger partial charge in [0.05, 0.1) is 5.69 Å². The molecule has 0 unspecified atom stereocenters. The molecule has 2 rings (SSSR count). The van der Waals surface area contributed by atoms with Crippen molar-refractivity contribution in [1.29, 1.82) is 0 Å². The zero-order chi connectivity index (χ0) is 10.7. The predicted molar refractivity (Wildman–Crippen MR) is 59.7 cm³/mol. The number of hydrogen-bond donors (Lipinski definition) is 1. The van der Waals surface area contributed by atoms with Gasteiger partial charge in [-0.05, 0) is 36.4 Å². The average molecular weight is 220 g/mol. The van der Waals surface area contributed by atoms with Crippen LogP contribution in [0.3, 0.4) is 0 Å². The van der Waals surface area contributed by atoms with Gasteiger partial charge in [0.2, 0.25) is 0 Å². The van der Waals surface area contributed by atoms with Gasteiger partial charge in [0.15, 0.2) is 0 Å². The lowest BCUT2D eigenvalue weighted by Gasteiger charge is -1.99. The second-order valence-corrected chi connectivity index (χ2v) is 4.23. The Bertz CT molecular complexity index is 453. The quantitative estimate of drug-likeness (QED) is 0.863. The third-order valence-corrected chi connectivity index (χ3v) is 2.79. The number of hydrogen-bond acceptors (Lipinski definition) is 4. The van der Waals surface area contributed by atoms with Crippen molar-refractivity contribution in [3.8, 4) is 0 Å². The Morgan fingerprint density at radius 1 is 1.47 bits per heavy atom. The first-order valence-corrected chi connectivity index (χ1v) is 5.48. The van der Waals surface area contributed by atoms with Crippen LogP contribution in [0.4, 0.5) is 0 Å². The highest BCUT2D eigenvalue weighted by molar-refractivity contribution is 7.99. The Balaban J connectivity index is 2.16. The molecule has 4 heteroatoms. The standard InChI is InChI=1S/C11H12N2OS/c1-8-7-14-11(13-8)15-10-4-2-3-9(5-10)6-12/h2-5,7H,6,12H2,1H3. The van der Waals surface area contributed by atoms with Crippen molar-refractivity contribution in [2.45, 2.75) is 23.6 Å². The molecule has 0 saturated carbocycles. The van der Waals surface area contributed by atoms with E-state index in [-0.39, 0.29) is 0 Å². The van der Waals surface area contributed by atoms with Crippen LogP contribution in [-0.2, 0) is 6.54 Å². The maximum atomic E-state index is 5.57. The third-order valence-electron chi connectivity index (χ3n) is 1.94. The van der Waals surface area contributed by atoms with Crippen LogP contribution in [0.5, 0.6) is 0 Å². The van der Waals surface area contributed by atoms with Crippen LogP contribution in [-0.4, -0.2) is 4.98 Å². The summed E-state index contributed by atoms with van der Waals surface area (Å²) in [7, 11) is 0. The Kier molecular flexibility index (Phi) is 3.08. The van der Waals surface area contributed by atoms with E-state index in [2.05, 4.69) is 4.98 Å². The molecule has 0 fully saturated rings. The Morgan fingerprint density at radius 3 is 3.00 bits per heavy atom. The molecule has 0 aliphatic carbocycles. The normalized spacial score (nSPS) is 10.5. The van der Waals surface area contributed by atoms with Crippen molar-refractivity contribution >= 4 is 11.8 Å². The van der Waals surface area contributed by atoms with Gasteiger partial charge in [-0.3, -0.25) is 0 Å². The number of nitrogens with zero attached hydrogens (tertiary/aromatic N) is 1. The maximum absolute atomic E-state index is 5.57. The first kappa shape index (κ1) is 10.3. The van der Waals surface area contributed by atoms with E-state index in [1.165, 1.54) is 11.8 Å². The van der Waals surface area contributed by atoms with Crippen LogP contribution in [0.2, 0.25) is 0 Å². The van der Waals surface area contributed by atoms with E-state index in [1.54, 1.807) is 6.26 Å². The summed E-state index contributed by atoms with van der Waals surface area (Å²) >= 11 is 1.50. The molecule has 0 bridgehead atoms. The van der Waals surface area contributed by atoms with Crippen LogP contribution < -0.4 is 5.73 Å². The van der Waals surface area contributed by atoms with Gasteiger partial charge in [0.25, 0.3) is 5.22 Å². The third kappa shape index (κ3) is 2.61. The summed E-state index contributed by atoms with van der Waals surface area (Å²) in [5.41, 5.74) is 7.58. The fourth-order valence-electron chi connectivity index (χ4n) is 1.22. The Labute approximate surface area is 92.7 Å². The van der Waals surface area contributed by atoms with Crippen molar-refractivity contribution in [3.63, 3.8) is 0 Å². The second kappa shape index (κ2) is 4.51. The van der Waals surface area contributed by atoms with Gasteiger partial charge in [-0.15, -0.1) is 0 Å². The van der Waals surface area contributed by atoms with E-state index in [0.29, 0.717) is 11.8 Å². The predicted octanol–water partition coefficient (Wildman–Crippen LogP) is 2.59. The van der Waals surface area contributed by atoms with E-state index in [0.717, 1.165) is 16.2 Å². The molecule has 0 spiro atoms. The highest BCUT2D eigenvalue weighted by Crippen LogP contribution is 2.27. The minimum Gasteiger partial charge on any atom is -0.439 e. The summed E-state index contributed by atoms with van der Waals surface area (Å²) in [6.07, 6.45) is 1.65.